The average molecular weight is 383 g/mol. The summed E-state index contributed by atoms with van der Waals surface area (Å²) in [5.74, 6) is -0.0951. The number of carbonyl (C=O) groups is 1. The van der Waals surface area contributed by atoms with Crippen LogP contribution in [0, 0.1) is 11.2 Å². The van der Waals surface area contributed by atoms with Gasteiger partial charge in [-0.2, -0.15) is 5.10 Å². The second-order valence-electron chi connectivity index (χ2n) is 7.83. The Labute approximate surface area is 162 Å². The molecule has 28 heavy (non-hydrogen) atoms. The molecule has 1 atom stereocenters. The minimum absolute atomic E-state index is 0.0381. The summed E-state index contributed by atoms with van der Waals surface area (Å²) in [6.07, 6.45) is 3.36. The highest BCUT2D eigenvalue weighted by Gasteiger charge is 2.36. The van der Waals surface area contributed by atoms with Gasteiger partial charge in [-0.05, 0) is 48.6 Å². The third-order valence-corrected chi connectivity index (χ3v) is 5.06. The lowest BCUT2D eigenvalue weighted by molar-refractivity contribution is 0.0884. The van der Waals surface area contributed by atoms with Gasteiger partial charge in [-0.3, -0.25) is 4.79 Å². The molecule has 3 aromatic rings. The summed E-state index contributed by atoms with van der Waals surface area (Å²) in [6.45, 7) is 4.32. The van der Waals surface area contributed by atoms with Gasteiger partial charge in [0.1, 0.15) is 5.82 Å². The normalized spacial score (nSPS) is 17.8. The van der Waals surface area contributed by atoms with Crippen molar-refractivity contribution in [3.05, 3.63) is 65.4 Å². The molecular weight excluding hydrogens is 361 g/mol. The van der Waals surface area contributed by atoms with Crippen molar-refractivity contribution in [3.8, 4) is 11.6 Å². The van der Waals surface area contributed by atoms with Gasteiger partial charge in [-0.1, -0.05) is 13.8 Å². The van der Waals surface area contributed by atoms with E-state index in [0.717, 1.165) is 29.8 Å². The van der Waals surface area contributed by atoms with E-state index in [-0.39, 0.29) is 28.9 Å². The summed E-state index contributed by atoms with van der Waals surface area (Å²) in [6, 6.07) is 9.24. The summed E-state index contributed by atoms with van der Waals surface area (Å²) in [7, 11) is 1.49. The van der Waals surface area contributed by atoms with Crippen LogP contribution in [0.1, 0.15) is 48.1 Å². The van der Waals surface area contributed by atoms with Crippen molar-refractivity contribution in [2.75, 3.05) is 7.11 Å². The number of fused-ring (bicyclic) bond motifs is 1. The summed E-state index contributed by atoms with van der Waals surface area (Å²) in [4.78, 5) is 12.6. The predicted molar refractivity (Wildman–Crippen MR) is 101 cm³/mol. The third-order valence-electron chi connectivity index (χ3n) is 5.06. The lowest BCUT2D eigenvalue weighted by Crippen LogP contribution is -2.36. The van der Waals surface area contributed by atoms with Crippen molar-refractivity contribution in [3.63, 3.8) is 0 Å². The molecule has 0 radical (unpaired) electrons. The highest BCUT2D eigenvalue weighted by molar-refractivity contribution is 5.91. The molecule has 0 bridgehead atoms. The number of carbonyl (C=O) groups excluding carboxylic acids is 1. The molecule has 1 amide bonds. The van der Waals surface area contributed by atoms with Crippen LogP contribution in [0.25, 0.3) is 5.69 Å². The van der Waals surface area contributed by atoms with Crippen LogP contribution in [0.3, 0.4) is 0 Å². The van der Waals surface area contributed by atoms with Gasteiger partial charge in [0.05, 0.1) is 30.7 Å². The SMILES string of the molecule is COc1ccc(C(=O)NC2CC(C)(C)Cc3c2cnn3-c2ccc(F)cc2)o1. The predicted octanol–water partition coefficient (Wildman–Crippen LogP) is 4.06. The van der Waals surface area contributed by atoms with Gasteiger partial charge >= 0.3 is 0 Å². The number of aromatic nitrogens is 2. The summed E-state index contributed by atoms with van der Waals surface area (Å²) >= 11 is 0. The molecule has 1 aliphatic carbocycles. The number of methoxy groups -OCH3 is 1. The molecule has 7 heteroatoms. The van der Waals surface area contributed by atoms with Crippen LogP contribution in [0.5, 0.6) is 5.95 Å². The molecule has 0 fully saturated rings. The van der Waals surface area contributed by atoms with E-state index in [1.807, 2.05) is 4.68 Å². The zero-order chi connectivity index (χ0) is 19.9. The van der Waals surface area contributed by atoms with E-state index in [1.165, 1.54) is 19.2 Å². The van der Waals surface area contributed by atoms with Crippen molar-refractivity contribution in [2.45, 2.75) is 32.7 Å². The number of halogens is 1. The summed E-state index contributed by atoms with van der Waals surface area (Å²) in [5.41, 5.74) is 2.74. The first-order chi connectivity index (χ1) is 13.4. The molecule has 2 aromatic heterocycles. The minimum Gasteiger partial charge on any atom is -0.468 e. The monoisotopic (exact) mass is 383 g/mol. The van der Waals surface area contributed by atoms with Gasteiger partial charge in [-0.15, -0.1) is 0 Å². The van der Waals surface area contributed by atoms with E-state index in [1.54, 1.807) is 30.5 Å². The molecule has 0 spiro atoms. The lowest BCUT2D eigenvalue weighted by Gasteiger charge is -2.35. The van der Waals surface area contributed by atoms with E-state index >= 15 is 0 Å². The molecule has 0 saturated carbocycles. The number of nitrogens with one attached hydrogen (secondary N) is 1. The first-order valence-electron chi connectivity index (χ1n) is 9.14. The molecule has 1 aliphatic rings. The zero-order valence-electron chi connectivity index (χ0n) is 16.0. The maximum absolute atomic E-state index is 13.3. The lowest BCUT2D eigenvalue weighted by atomic mass is 9.74. The van der Waals surface area contributed by atoms with E-state index < -0.39 is 0 Å². The van der Waals surface area contributed by atoms with Crippen LogP contribution in [-0.2, 0) is 6.42 Å². The number of benzene rings is 1. The Hall–Kier alpha value is -3.09. The summed E-state index contributed by atoms with van der Waals surface area (Å²) in [5, 5.41) is 7.57. The molecular formula is C21H22FN3O3. The molecule has 6 nitrogen and oxygen atoms in total. The standard InChI is InChI=1S/C21H22FN3O3/c1-21(2)10-16(24-20(26)18-8-9-19(27-3)28-18)15-12-23-25(17(15)11-21)14-6-4-13(22)5-7-14/h4-9,12,16H,10-11H2,1-3H3,(H,24,26). The van der Waals surface area contributed by atoms with Crippen LogP contribution in [0.15, 0.2) is 47.0 Å². The molecule has 1 aromatic carbocycles. The molecule has 1 unspecified atom stereocenters. The van der Waals surface area contributed by atoms with E-state index in [0.29, 0.717) is 5.95 Å². The van der Waals surface area contributed by atoms with Gasteiger partial charge in [0.25, 0.3) is 11.9 Å². The highest BCUT2D eigenvalue weighted by Crippen LogP contribution is 2.41. The number of furan rings is 1. The number of amides is 1. The van der Waals surface area contributed by atoms with Crippen molar-refractivity contribution in [1.29, 1.82) is 0 Å². The Morgan fingerprint density at radius 3 is 2.71 bits per heavy atom. The molecule has 0 aliphatic heterocycles. The molecule has 4 rings (SSSR count). The second-order valence-corrected chi connectivity index (χ2v) is 7.83. The number of hydrogen-bond acceptors (Lipinski definition) is 4. The highest BCUT2D eigenvalue weighted by atomic mass is 19.1. The van der Waals surface area contributed by atoms with E-state index in [2.05, 4.69) is 24.3 Å². The van der Waals surface area contributed by atoms with Crippen molar-refractivity contribution in [1.82, 2.24) is 15.1 Å². The fourth-order valence-corrected chi connectivity index (χ4v) is 3.76. The Kier molecular flexibility index (Phi) is 4.45. The quantitative estimate of drug-likeness (QED) is 0.738. The first-order valence-corrected chi connectivity index (χ1v) is 9.14. The first kappa shape index (κ1) is 18.3. The Bertz CT molecular complexity index is 1000. The Morgan fingerprint density at radius 2 is 2.04 bits per heavy atom. The fraction of sp³-hybridized carbons (Fsp3) is 0.333. The van der Waals surface area contributed by atoms with Crippen LogP contribution in [0.2, 0.25) is 0 Å². The average Bonchev–Trinajstić information content (AvgIpc) is 3.28. The topological polar surface area (TPSA) is 69.3 Å². The molecule has 1 N–H and O–H groups in total. The zero-order valence-corrected chi connectivity index (χ0v) is 16.0. The second kappa shape index (κ2) is 6.82. The number of hydrogen-bond donors (Lipinski definition) is 1. The van der Waals surface area contributed by atoms with Gasteiger partial charge < -0.3 is 14.5 Å². The molecule has 146 valence electrons. The van der Waals surface area contributed by atoms with Gasteiger partial charge in [0, 0.05) is 11.6 Å². The van der Waals surface area contributed by atoms with Crippen molar-refractivity contribution >= 4 is 5.91 Å². The van der Waals surface area contributed by atoms with Crippen LogP contribution < -0.4 is 10.1 Å². The van der Waals surface area contributed by atoms with Gasteiger partial charge in [-0.25, -0.2) is 9.07 Å². The Morgan fingerprint density at radius 1 is 1.29 bits per heavy atom. The number of rotatable bonds is 4. The van der Waals surface area contributed by atoms with Gasteiger partial charge in [0.2, 0.25) is 0 Å². The van der Waals surface area contributed by atoms with Crippen LogP contribution >= 0.6 is 0 Å². The number of nitrogens with zero attached hydrogens (tertiary/aromatic N) is 2. The maximum Gasteiger partial charge on any atom is 0.287 e. The molecule has 2 heterocycles. The Balaban J connectivity index is 1.65. The molecule has 0 saturated heterocycles. The third kappa shape index (κ3) is 3.40. The van der Waals surface area contributed by atoms with Crippen LogP contribution in [0.4, 0.5) is 4.39 Å². The number of ether oxygens (including phenoxy) is 1. The van der Waals surface area contributed by atoms with E-state index in [4.69, 9.17) is 9.15 Å². The van der Waals surface area contributed by atoms with E-state index in [9.17, 15) is 9.18 Å². The minimum atomic E-state index is -0.300. The maximum atomic E-state index is 13.3. The van der Waals surface area contributed by atoms with Crippen molar-refractivity contribution < 1.29 is 18.3 Å². The summed E-state index contributed by atoms with van der Waals surface area (Å²) < 4.78 is 25.5. The largest absolute Gasteiger partial charge is 0.468 e. The van der Waals surface area contributed by atoms with Crippen LogP contribution in [-0.4, -0.2) is 22.8 Å². The van der Waals surface area contributed by atoms with Gasteiger partial charge in [0.15, 0.2) is 5.76 Å². The van der Waals surface area contributed by atoms with Crippen molar-refractivity contribution in [2.24, 2.45) is 5.41 Å². The fourth-order valence-electron chi connectivity index (χ4n) is 3.76. The smallest absolute Gasteiger partial charge is 0.287 e.